The molecule has 1 aliphatic rings. The molecule has 4 aromatic heterocycles. The second kappa shape index (κ2) is 7.20. The largest absolute Gasteiger partial charge is 0.354 e. The number of rotatable bonds is 4. The number of aryl methyl sites for hydroxylation is 2. The minimum atomic E-state index is -0.0445. The molecule has 1 aromatic carbocycles. The van der Waals surface area contributed by atoms with E-state index in [9.17, 15) is 4.79 Å². The molecule has 1 saturated carbocycles. The average Bonchev–Trinajstić information content (AvgIpc) is 3.17. The summed E-state index contributed by atoms with van der Waals surface area (Å²) in [7, 11) is 1.99. The van der Waals surface area contributed by atoms with Crippen LogP contribution < -0.4 is 10.6 Å². The van der Waals surface area contributed by atoms with Crippen LogP contribution in [-0.4, -0.2) is 31.2 Å². The van der Waals surface area contributed by atoms with E-state index in [-0.39, 0.29) is 6.03 Å². The number of nitrogens with one attached hydrogen (secondary N) is 2. The highest BCUT2D eigenvalue weighted by molar-refractivity contribution is 7.22. The van der Waals surface area contributed by atoms with Crippen LogP contribution in [0.5, 0.6) is 0 Å². The first kappa shape index (κ1) is 19.1. The Balaban J connectivity index is 1.34. The van der Waals surface area contributed by atoms with Crippen molar-refractivity contribution in [3.63, 3.8) is 0 Å². The number of hydrogen-bond donors (Lipinski definition) is 2. The Morgan fingerprint density at radius 1 is 1.12 bits per heavy atom. The molecule has 2 N–H and O–H groups in total. The number of aromatic nitrogens is 4. The molecule has 160 valence electrons. The van der Waals surface area contributed by atoms with Gasteiger partial charge in [-0.1, -0.05) is 0 Å². The number of thiophene rings is 1. The van der Waals surface area contributed by atoms with E-state index in [4.69, 9.17) is 0 Å². The fourth-order valence-corrected chi connectivity index (χ4v) is 5.20. The lowest BCUT2D eigenvalue weighted by Crippen LogP contribution is -2.30. The maximum atomic E-state index is 12.7. The predicted molar refractivity (Wildman–Crippen MR) is 129 cm³/mol. The summed E-state index contributed by atoms with van der Waals surface area (Å²) in [6, 6.07) is 12.5. The van der Waals surface area contributed by atoms with Gasteiger partial charge in [0.2, 0.25) is 0 Å². The number of amides is 1. The standard InChI is InChI=1S/C24H22N6OS/c1-14-11-15-12-17(5-6-20(15)30(14)24(31)28-16-3-4-16)27-18-7-8-25-19-13-21(32-22(18)19)23-26-9-10-29(23)2/h5-13,16H,3-4H2,1-2H3,(H,25,27)(H,28,31). The molecule has 0 aliphatic heterocycles. The van der Waals surface area contributed by atoms with Crippen molar-refractivity contribution in [2.75, 3.05) is 5.32 Å². The van der Waals surface area contributed by atoms with Crippen LogP contribution in [-0.2, 0) is 7.05 Å². The number of hydrogen-bond acceptors (Lipinski definition) is 5. The van der Waals surface area contributed by atoms with E-state index in [1.807, 2.05) is 49.1 Å². The van der Waals surface area contributed by atoms with E-state index >= 15 is 0 Å². The van der Waals surface area contributed by atoms with Gasteiger partial charge in [-0.05, 0) is 56.2 Å². The first-order chi connectivity index (χ1) is 15.6. The van der Waals surface area contributed by atoms with E-state index in [1.165, 1.54) is 0 Å². The number of pyridine rings is 1. The zero-order chi connectivity index (χ0) is 21.8. The number of carbonyl (C=O) groups excluding carboxylic acids is 1. The molecule has 0 radical (unpaired) electrons. The fourth-order valence-electron chi connectivity index (χ4n) is 4.07. The van der Waals surface area contributed by atoms with Gasteiger partial charge in [0.1, 0.15) is 5.82 Å². The van der Waals surface area contributed by atoms with E-state index in [0.717, 1.165) is 61.7 Å². The third kappa shape index (κ3) is 3.23. The number of carbonyl (C=O) groups is 1. The van der Waals surface area contributed by atoms with Crippen molar-refractivity contribution in [2.45, 2.75) is 25.8 Å². The van der Waals surface area contributed by atoms with Gasteiger partial charge in [0, 0.05) is 48.4 Å². The summed E-state index contributed by atoms with van der Waals surface area (Å²) in [6.45, 7) is 1.97. The second-order valence-electron chi connectivity index (χ2n) is 8.29. The Labute approximate surface area is 188 Å². The molecule has 7 nitrogen and oxygen atoms in total. The average molecular weight is 443 g/mol. The predicted octanol–water partition coefficient (Wildman–Crippen LogP) is 5.42. The molecule has 1 aliphatic carbocycles. The van der Waals surface area contributed by atoms with Gasteiger partial charge >= 0.3 is 6.03 Å². The highest BCUT2D eigenvalue weighted by atomic mass is 32.1. The van der Waals surface area contributed by atoms with Crippen molar-refractivity contribution in [3.05, 3.63) is 60.7 Å². The summed E-state index contributed by atoms with van der Waals surface area (Å²) in [5.74, 6) is 0.932. The molecular formula is C24H22N6OS. The number of nitrogens with zero attached hydrogens (tertiary/aromatic N) is 4. The minimum absolute atomic E-state index is 0.0445. The number of imidazole rings is 1. The molecule has 1 amide bonds. The molecule has 0 spiro atoms. The Morgan fingerprint density at radius 2 is 2.00 bits per heavy atom. The molecule has 6 rings (SSSR count). The molecule has 5 aromatic rings. The maximum Gasteiger partial charge on any atom is 0.326 e. The van der Waals surface area contributed by atoms with Gasteiger partial charge in [-0.2, -0.15) is 0 Å². The van der Waals surface area contributed by atoms with Crippen LogP contribution in [0.4, 0.5) is 16.2 Å². The molecule has 0 saturated heterocycles. The van der Waals surface area contributed by atoms with Crippen LogP contribution in [0, 0.1) is 6.92 Å². The molecule has 0 atom stereocenters. The van der Waals surface area contributed by atoms with Crippen LogP contribution in [0.15, 0.2) is 55.0 Å². The number of fused-ring (bicyclic) bond motifs is 2. The summed E-state index contributed by atoms with van der Waals surface area (Å²) in [5.41, 5.74) is 4.76. The molecule has 1 fully saturated rings. The van der Waals surface area contributed by atoms with E-state index in [1.54, 1.807) is 22.1 Å². The second-order valence-corrected chi connectivity index (χ2v) is 9.34. The van der Waals surface area contributed by atoms with Crippen LogP contribution in [0.3, 0.4) is 0 Å². The van der Waals surface area contributed by atoms with Gasteiger partial charge in [0.25, 0.3) is 0 Å². The molecule has 0 bridgehead atoms. The lowest BCUT2D eigenvalue weighted by Gasteiger charge is -2.10. The molecule has 0 unspecified atom stereocenters. The van der Waals surface area contributed by atoms with E-state index < -0.39 is 0 Å². The van der Waals surface area contributed by atoms with Crippen LogP contribution in [0.25, 0.3) is 31.8 Å². The highest BCUT2D eigenvalue weighted by Gasteiger charge is 2.25. The molecule has 32 heavy (non-hydrogen) atoms. The molecule has 4 heterocycles. The quantitative estimate of drug-likeness (QED) is 0.389. The third-order valence-corrected chi connectivity index (χ3v) is 6.98. The molecule has 8 heteroatoms. The van der Waals surface area contributed by atoms with Crippen LogP contribution >= 0.6 is 11.3 Å². The van der Waals surface area contributed by atoms with Crippen molar-refractivity contribution in [3.8, 4) is 10.7 Å². The van der Waals surface area contributed by atoms with Gasteiger partial charge in [0.05, 0.1) is 26.3 Å². The summed E-state index contributed by atoms with van der Waals surface area (Å²) < 4.78 is 4.86. The van der Waals surface area contributed by atoms with Gasteiger partial charge in [-0.3, -0.25) is 9.55 Å². The summed E-state index contributed by atoms with van der Waals surface area (Å²) >= 11 is 1.68. The number of benzene rings is 1. The van der Waals surface area contributed by atoms with Gasteiger partial charge in [0.15, 0.2) is 0 Å². The van der Waals surface area contributed by atoms with Crippen molar-refractivity contribution in [1.82, 2.24) is 24.4 Å². The van der Waals surface area contributed by atoms with Gasteiger partial charge < -0.3 is 15.2 Å². The Hall–Kier alpha value is -3.65. The summed E-state index contributed by atoms with van der Waals surface area (Å²) in [6.07, 6.45) is 7.72. The normalized spacial score (nSPS) is 13.7. The zero-order valence-corrected chi connectivity index (χ0v) is 18.6. The van der Waals surface area contributed by atoms with Gasteiger partial charge in [-0.15, -0.1) is 11.3 Å². The fraction of sp³-hybridized carbons (Fsp3) is 0.208. The lowest BCUT2D eigenvalue weighted by molar-refractivity contribution is 0.242. The lowest BCUT2D eigenvalue weighted by atomic mass is 10.2. The SMILES string of the molecule is Cc1cc2cc(Nc3ccnc4cc(-c5nccn5C)sc34)ccc2n1C(=O)NC1CC1. The van der Waals surface area contributed by atoms with E-state index in [0.29, 0.717) is 6.04 Å². The number of anilines is 2. The first-order valence-electron chi connectivity index (χ1n) is 10.6. The molecular weight excluding hydrogens is 420 g/mol. The third-order valence-electron chi connectivity index (χ3n) is 5.83. The summed E-state index contributed by atoms with van der Waals surface area (Å²) in [4.78, 5) is 22.8. The monoisotopic (exact) mass is 442 g/mol. The van der Waals surface area contributed by atoms with Crippen molar-refractivity contribution in [2.24, 2.45) is 7.05 Å². The topological polar surface area (TPSA) is 76.8 Å². The highest BCUT2D eigenvalue weighted by Crippen LogP contribution is 2.37. The van der Waals surface area contributed by atoms with E-state index in [2.05, 4.69) is 38.8 Å². The van der Waals surface area contributed by atoms with Crippen molar-refractivity contribution >= 4 is 49.9 Å². The minimum Gasteiger partial charge on any atom is -0.354 e. The Bertz CT molecular complexity index is 1490. The van der Waals surface area contributed by atoms with Gasteiger partial charge in [-0.25, -0.2) is 9.78 Å². The zero-order valence-electron chi connectivity index (χ0n) is 17.8. The smallest absolute Gasteiger partial charge is 0.326 e. The first-order valence-corrected chi connectivity index (χ1v) is 11.4. The van der Waals surface area contributed by atoms with Crippen LogP contribution in [0.1, 0.15) is 18.5 Å². The maximum absolute atomic E-state index is 12.7. The Kier molecular flexibility index (Phi) is 4.29. The summed E-state index contributed by atoms with van der Waals surface area (Å²) in [5, 5.41) is 7.65. The Morgan fingerprint density at radius 3 is 2.78 bits per heavy atom. The van der Waals surface area contributed by atoms with Crippen molar-refractivity contribution in [1.29, 1.82) is 0 Å². The van der Waals surface area contributed by atoms with Crippen LogP contribution in [0.2, 0.25) is 0 Å². The van der Waals surface area contributed by atoms with Crippen molar-refractivity contribution < 1.29 is 4.79 Å².